The summed E-state index contributed by atoms with van der Waals surface area (Å²) in [6.45, 7) is 3.99. The number of ether oxygens (including phenoxy) is 2. The number of likely N-dealkylation sites (N-methyl/N-ethyl adjacent to an activating group) is 1. The molecule has 0 spiro atoms. The van der Waals surface area contributed by atoms with Gasteiger partial charge < -0.3 is 19.7 Å². The summed E-state index contributed by atoms with van der Waals surface area (Å²) in [7, 11) is 3.17. The van der Waals surface area contributed by atoms with Crippen LogP contribution in [-0.2, 0) is 16.1 Å². The van der Waals surface area contributed by atoms with Crippen molar-refractivity contribution in [3.8, 4) is 11.5 Å². The molecule has 0 aliphatic carbocycles. The number of nitrogens with zero attached hydrogens (tertiary/aromatic N) is 1. The van der Waals surface area contributed by atoms with E-state index in [1.165, 1.54) is 0 Å². The Morgan fingerprint density at radius 1 is 1.14 bits per heavy atom. The highest BCUT2D eigenvalue weighted by Crippen LogP contribution is 2.22. The second-order valence-corrected chi connectivity index (χ2v) is 7.46. The molecule has 0 aromatic heterocycles. The number of nitrogens with one attached hydrogen (secondary N) is 1. The molecule has 6 nitrogen and oxygen atoms in total. The molecule has 1 atom stereocenters. The fourth-order valence-electron chi connectivity index (χ4n) is 2.95. The van der Waals surface area contributed by atoms with Gasteiger partial charge in [0.15, 0.2) is 6.61 Å². The van der Waals surface area contributed by atoms with Gasteiger partial charge in [-0.3, -0.25) is 9.59 Å². The molecule has 0 aliphatic rings. The highest BCUT2D eigenvalue weighted by atomic mass is 79.9. The van der Waals surface area contributed by atoms with Crippen LogP contribution in [0.15, 0.2) is 46.9 Å². The SMILES string of the molecule is CC[C@H](C(=O)NC)N(Cc1ccc(OC)cc1)C(=O)COc1ccc(Br)c(C)c1. The van der Waals surface area contributed by atoms with E-state index in [0.717, 1.165) is 21.3 Å². The van der Waals surface area contributed by atoms with Crippen LogP contribution >= 0.6 is 15.9 Å². The van der Waals surface area contributed by atoms with Gasteiger partial charge >= 0.3 is 0 Å². The monoisotopic (exact) mass is 462 g/mol. The van der Waals surface area contributed by atoms with Gasteiger partial charge in [-0.1, -0.05) is 35.0 Å². The summed E-state index contributed by atoms with van der Waals surface area (Å²) in [4.78, 5) is 26.9. The summed E-state index contributed by atoms with van der Waals surface area (Å²) >= 11 is 3.45. The molecule has 0 unspecified atom stereocenters. The van der Waals surface area contributed by atoms with Crippen LogP contribution in [0.1, 0.15) is 24.5 Å². The lowest BCUT2D eigenvalue weighted by atomic mass is 10.1. The molecule has 156 valence electrons. The smallest absolute Gasteiger partial charge is 0.261 e. The van der Waals surface area contributed by atoms with Gasteiger partial charge in [-0.25, -0.2) is 0 Å². The first-order valence-corrected chi connectivity index (χ1v) is 10.2. The van der Waals surface area contributed by atoms with E-state index < -0.39 is 6.04 Å². The fourth-order valence-corrected chi connectivity index (χ4v) is 3.20. The Kier molecular flexibility index (Phi) is 8.51. The van der Waals surface area contributed by atoms with E-state index in [1.807, 2.05) is 50.2 Å². The Bertz CT molecular complexity index is 839. The van der Waals surface area contributed by atoms with E-state index in [-0.39, 0.29) is 18.4 Å². The molecule has 0 radical (unpaired) electrons. The van der Waals surface area contributed by atoms with Crippen molar-refractivity contribution in [1.82, 2.24) is 10.2 Å². The van der Waals surface area contributed by atoms with Gasteiger partial charge in [0.2, 0.25) is 5.91 Å². The first kappa shape index (κ1) is 22.7. The van der Waals surface area contributed by atoms with E-state index >= 15 is 0 Å². The van der Waals surface area contributed by atoms with Crippen molar-refractivity contribution in [3.05, 3.63) is 58.1 Å². The highest BCUT2D eigenvalue weighted by molar-refractivity contribution is 9.10. The first-order valence-electron chi connectivity index (χ1n) is 9.42. The van der Waals surface area contributed by atoms with Crippen LogP contribution in [0.5, 0.6) is 11.5 Å². The Morgan fingerprint density at radius 2 is 1.79 bits per heavy atom. The van der Waals surface area contributed by atoms with Crippen molar-refractivity contribution in [3.63, 3.8) is 0 Å². The molecular formula is C22H27BrN2O4. The second-order valence-electron chi connectivity index (χ2n) is 6.61. The molecule has 2 aromatic rings. The molecule has 29 heavy (non-hydrogen) atoms. The predicted octanol–water partition coefficient (Wildman–Crippen LogP) is 3.70. The summed E-state index contributed by atoms with van der Waals surface area (Å²) in [5.41, 5.74) is 1.92. The molecule has 0 saturated carbocycles. The zero-order valence-corrected chi connectivity index (χ0v) is 18.8. The van der Waals surface area contributed by atoms with Gasteiger partial charge in [0.1, 0.15) is 17.5 Å². The largest absolute Gasteiger partial charge is 0.497 e. The fraction of sp³-hybridized carbons (Fsp3) is 0.364. The summed E-state index contributed by atoms with van der Waals surface area (Å²) in [5, 5.41) is 2.64. The van der Waals surface area contributed by atoms with Crippen molar-refractivity contribution < 1.29 is 19.1 Å². The van der Waals surface area contributed by atoms with E-state index in [9.17, 15) is 9.59 Å². The minimum atomic E-state index is -0.579. The molecule has 7 heteroatoms. The van der Waals surface area contributed by atoms with Crippen LogP contribution < -0.4 is 14.8 Å². The molecule has 0 heterocycles. The Hall–Kier alpha value is -2.54. The normalized spacial score (nSPS) is 11.5. The van der Waals surface area contributed by atoms with Crippen LogP contribution in [0.4, 0.5) is 0 Å². The minimum absolute atomic E-state index is 0.148. The van der Waals surface area contributed by atoms with Crippen LogP contribution in [0.3, 0.4) is 0 Å². The first-order chi connectivity index (χ1) is 13.9. The van der Waals surface area contributed by atoms with Gasteiger partial charge in [0.05, 0.1) is 7.11 Å². The topological polar surface area (TPSA) is 67.9 Å². The second kappa shape index (κ2) is 10.9. The zero-order valence-electron chi connectivity index (χ0n) is 17.2. The van der Waals surface area contributed by atoms with Crippen LogP contribution in [-0.4, -0.2) is 43.5 Å². The summed E-state index contributed by atoms with van der Waals surface area (Å²) in [6, 6.07) is 12.4. The van der Waals surface area contributed by atoms with Crippen molar-refractivity contribution in [1.29, 1.82) is 0 Å². The lowest BCUT2D eigenvalue weighted by Gasteiger charge is -2.30. The minimum Gasteiger partial charge on any atom is -0.497 e. The number of benzene rings is 2. The number of amides is 2. The third-order valence-corrected chi connectivity index (χ3v) is 5.53. The number of methoxy groups -OCH3 is 1. The number of carbonyl (C=O) groups is 2. The molecule has 2 aromatic carbocycles. The van der Waals surface area contributed by atoms with E-state index in [0.29, 0.717) is 18.7 Å². The van der Waals surface area contributed by atoms with Crippen LogP contribution in [0.2, 0.25) is 0 Å². The maximum atomic E-state index is 13.0. The predicted molar refractivity (Wildman–Crippen MR) is 116 cm³/mol. The Morgan fingerprint density at radius 3 is 2.34 bits per heavy atom. The molecule has 0 bridgehead atoms. The van der Waals surface area contributed by atoms with Crippen molar-refractivity contribution in [2.75, 3.05) is 20.8 Å². The molecule has 2 amide bonds. The number of carbonyl (C=O) groups excluding carboxylic acids is 2. The molecule has 0 fully saturated rings. The van der Waals surface area contributed by atoms with Crippen molar-refractivity contribution >= 4 is 27.7 Å². The van der Waals surface area contributed by atoms with Gasteiger partial charge in [0.25, 0.3) is 5.91 Å². The molecular weight excluding hydrogens is 436 g/mol. The molecule has 2 rings (SSSR count). The third kappa shape index (κ3) is 6.22. The van der Waals surface area contributed by atoms with Crippen LogP contribution in [0, 0.1) is 6.92 Å². The Labute approximate surface area is 180 Å². The highest BCUT2D eigenvalue weighted by Gasteiger charge is 2.28. The molecule has 1 N–H and O–H groups in total. The third-order valence-electron chi connectivity index (χ3n) is 4.64. The van der Waals surface area contributed by atoms with Crippen LogP contribution in [0.25, 0.3) is 0 Å². The average molecular weight is 463 g/mol. The number of rotatable bonds is 9. The maximum absolute atomic E-state index is 13.0. The molecule has 0 saturated heterocycles. The number of hydrogen-bond acceptors (Lipinski definition) is 4. The zero-order chi connectivity index (χ0) is 21.4. The Balaban J connectivity index is 2.18. The van der Waals surface area contributed by atoms with E-state index in [2.05, 4.69) is 21.2 Å². The average Bonchev–Trinajstić information content (AvgIpc) is 2.74. The maximum Gasteiger partial charge on any atom is 0.261 e. The van der Waals surface area contributed by atoms with Gasteiger partial charge in [-0.15, -0.1) is 0 Å². The summed E-state index contributed by atoms with van der Waals surface area (Å²) in [5.74, 6) is 0.890. The van der Waals surface area contributed by atoms with Gasteiger partial charge in [0, 0.05) is 18.1 Å². The number of hydrogen-bond donors (Lipinski definition) is 1. The van der Waals surface area contributed by atoms with E-state index in [1.54, 1.807) is 25.1 Å². The summed E-state index contributed by atoms with van der Waals surface area (Å²) in [6.07, 6.45) is 0.499. The van der Waals surface area contributed by atoms with Crippen molar-refractivity contribution in [2.24, 2.45) is 0 Å². The van der Waals surface area contributed by atoms with Crippen molar-refractivity contribution in [2.45, 2.75) is 32.9 Å². The van der Waals surface area contributed by atoms with Gasteiger partial charge in [-0.05, 0) is 54.8 Å². The quantitative estimate of drug-likeness (QED) is 0.616. The van der Waals surface area contributed by atoms with Gasteiger partial charge in [-0.2, -0.15) is 0 Å². The lowest BCUT2D eigenvalue weighted by molar-refractivity contribution is -0.142. The van der Waals surface area contributed by atoms with E-state index in [4.69, 9.17) is 9.47 Å². The number of aryl methyl sites for hydroxylation is 1. The summed E-state index contributed by atoms with van der Waals surface area (Å²) < 4.78 is 11.9. The number of halogens is 1. The lowest BCUT2D eigenvalue weighted by Crippen LogP contribution is -2.49. The molecule has 0 aliphatic heterocycles. The standard InChI is InChI=1S/C22H27BrN2O4/c1-5-20(22(27)24-3)25(13-16-6-8-17(28-4)9-7-16)21(26)14-29-18-10-11-19(23)15(2)12-18/h6-12,20H,5,13-14H2,1-4H3,(H,24,27)/t20-/m1/s1.